The highest BCUT2D eigenvalue weighted by atomic mass is 17.0. The van der Waals surface area contributed by atoms with Gasteiger partial charge in [-0.1, -0.05) is 0 Å². The van der Waals surface area contributed by atoms with Crippen molar-refractivity contribution in [1.29, 1.82) is 0 Å². The second-order valence-electron chi connectivity index (χ2n) is 3.74. The first kappa shape index (κ1) is 9.85. The second-order valence-corrected chi connectivity index (χ2v) is 3.74. The minimum atomic E-state index is -0.611. The first-order valence-electron chi connectivity index (χ1n) is 4.67. The molecule has 0 bridgehead atoms. The lowest BCUT2D eigenvalue weighted by Crippen LogP contribution is -2.52. The Morgan fingerprint density at radius 1 is 1.71 bits per heavy atom. The van der Waals surface area contributed by atoms with Crippen LogP contribution >= 0.6 is 0 Å². The molecule has 0 aromatic heterocycles. The first-order valence-corrected chi connectivity index (χ1v) is 4.67. The smallest absolute Gasteiger partial charge is 0.316 e. The minimum Gasteiger partial charge on any atom is -0.390 e. The average Bonchev–Trinajstić information content (AvgIpc) is 2.88. The summed E-state index contributed by atoms with van der Waals surface area (Å²) in [6, 6.07) is -0.305. The number of rotatable bonds is 2. The van der Waals surface area contributed by atoms with Gasteiger partial charge in [0.25, 0.3) is 0 Å². The maximum Gasteiger partial charge on any atom is 0.316 e. The van der Waals surface area contributed by atoms with Gasteiger partial charge in [0.1, 0.15) is 6.61 Å². The number of nitrogens with one attached hydrogen (secondary N) is 2. The fraction of sp³-hybridized carbons (Fsp3) is 0.875. The zero-order chi connectivity index (χ0) is 10.3. The summed E-state index contributed by atoms with van der Waals surface area (Å²) in [5, 5.41) is 21.4. The van der Waals surface area contributed by atoms with Gasteiger partial charge in [0, 0.05) is 6.92 Å². The average molecular weight is 203 g/mol. The molecule has 2 aliphatic heterocycles. The molecule has 6 nitrogen and oxygen atoms in total. The van der Waals surface area contributed by atoms with Crippen LogP contribution in [-0.2, 0) is 9.26 Å². The second kappa shape index (κ2) is 3.47. The van der Waals surface area contributed by atoms with Gasteiger partial charge in [-0.25, -0.2) is 0 Å². The Balaban J connectivity index is 1.98. The van der Waals surface area contributed by atoms with Crippen molar-refractivity contribution in [3.63, 3.8) is 0 Å². The Hall–Kier alpha value is -0.690. The number of aliphatic hydroxyl groups is 2. The van der Waals surface area contributed by atoms with Gasteiger partial charge >= 0.3 is 6.23 Å². The zero-order valence-corrected chi connectivity index (χ0v) is 7.93. The van der Waals surface area contributed by atoms with Crippen molar-refractivity contribution in [3.05, 3.63) is 0 Å². The third-order valence-electron chi connectivity index (χ3n) is 2.65. The summed E-state index contributed by atoms with van der Waals surface area (Å²) in [4.78, 5) is 10.8. The predicted molar refractivity (Wildman–Crippen MR) is 47.1 cm³/mol. The number of carbonyl (C=O) groups is 1. The highest BCUT2D eigenvalue weighted by Gasteiger charge is 2.61. The van der Waals surface area contributed by atoms with Crippen LogP contribution in [0.2, 0.25) is 0 Å². The number of fused-ring (bicyclic) bond motifs is 1. The Morgan fingerprint density at radius 2 is 2.43 bits per heavy atom. The van der Waals surface area contributed by atoms with Crippen molar-refractivity contribution in [2.75, 3.05) is 6.61 Å². The van der Waals surface area contributed by atoms with Crippen LogP contribution in [0.4, 0.5) is 0 Å². The fourth-order valence-corrected chi connectivity index (χ4v) is 1.92. The van der Waals surface area contributed by atoms with E-state index in [-0.39, 0.29) is 30.9 Å². The molecular weight excluding hydrogens is 188 g/mol. The van der Waals surface area contributed by atoms with Crippen LogP contribution < -0.4 is 10.8 Å². The number of hydroxylamine groups is 1. The van der Waals surface area contributed by atoms with Crippen LogP contribution in [0.1, 0.15) is 13.3 Å². The molecule has 2 fully saturated rings. The molecule has 1 amide bonds. The summed E-state index contributed by atoms with van der Waals surface area (Å²) in [6.45, 7) is 1.40. The van der Waals surface area contributed by atoms with Crippen LogP contribution in [0.3, 0.4) is 0 Å². The molecule has 2 aliphatic rings. The largest absolute Gasteiger partial charge is 0.390 e. The molecule has 0 spiro atoms. The third kappa shape index (κ3) is 1.61. The maximum atomic E-state index is 10.8. The molecule has 4 atom stereocenters. The van der Waals surface area contributed by atoms with Gasteiger partial charge in [0.2, 0.25) is 12.0 Å². The molecule has 2 saturated heterocycles. The van der Waals surface area contributed by atoms with E-state index in [0.717, 1.165) is 0 Å². The van der Waals surface area contributed by atoms with E-state index >= 15 is 0 Å². The molecule has 2 heterocycles. The van der Waals surface area contributed by atoms with Gasteiger partial charge in [0.05, 0.1) is 12.5 Å². The number of aliphatic hydroxyl groups excluding tert-OH is 2. The van der Waals surface area contributed by atoms with Crippen LogP contribution in [0.5, 0.6) is 0 Å². The van der Waals surface area contributed by atoms with Gasteiger partial charge in [-0.05, 0) is 5.48 Å². The van der Waals surface area contributed by atoms with E-state index < -0.39 is 6.10 Å². The molecule has 0 aromatic carbocycles. The highest BCUT2D eigenvalue weighted by Crippen LogP contribution is 2.33. The number of carbonyl (C=O) groups excluding carboxylic acids is 1. The van der Waals surface area contributed by atoms with E-state index in [1.807, 2.05) is 0 Å². The lowest BCUT2D eigenvalue weighted by atomic mass is 10.0. The van der Waals surface area contributed by atoms with Crippen LogP contribution in [-0.4, -0.2) is 47.2 Å². The van der Waals surface area contributed by atoms with Gasteiger partial charge in [-0.15, -0.1) is 0 Å². The van der Waals surface area contributed by atoms with Crippen molar-refractivity contribution < 1.29 is 19.5 Å². The van der Waals surface area contributed by atoms with Crippen molar-refractivity contribution in [3.8, 4) is 0 Å². The Bertz CT molecular complexity index is 245. The Kier molecular flexibility index (Phi) is 2.44. The normalized spacial score (nSPS) is 41.6. The molecule has 0 saturated carbocycles. The molecular formula is C8H15N2O4+. The molecule has 0 aromatic rings. The lowest BCUT2D eigenvalue weighted by molar-refractivity contribution is -0.142. The van der Waals surface area contributed by atoms with Gasteiger partial charge in [-0.2, -0.15) is 0 Å². The molecule has 0 unspecified atom stereocenters. The lowest BCUT2D eigenvalue weighted by Gasteiger charge is -2.25. The fourth-order valence-electron chi connectivity index (χ4n) is 1.92. The van der Waals surface area contributed by atoms with Crippen molar-refractivity contribution in [1.82, 2.24) is 10.8 Å². The van der Waals surface area contributed by atoms with Crippen LogP contribution in [0.15, 0.2) is 0 Å². The number of hydrogen-bond donors (Lipinski definition) is 4. The van der Waals surface area contributed by atoms with E-state index in [9.17, 15) is 9.90 Å². The minimum absolute atomic E-state index is 0.0159. The Labute approximate surface area is 81.5 Å². The number of hydrogen-bond acceptors (Lipinski definition) is 4. The molecule has 4 N–H and O–H groups in total. The van der Waals surface area contributed by atoms with E-state index in [0.29, 0.717) is 6.42 Å². The molecule has 6 heteroatoms. The highest BCUT2D eigenvalue weighted by molar-refractivity contribution is 5.73. The maximum absolute atomic E-state index is 10.8. The van der Waals surface area contributed by atoms with E-state index in [1.165, 1.54) is 6.92 Å². The Morgan fingerprint density at radius 3 is 3.00 bits per heavy atom. The van der Waals surface area contributed by atoms with Crippen LogP contribution in [0, 0.1) is 0 Å². The molecule has 14 heavy (non-hydrogen) atoms. The topological polar surface area (TPSA) is 94.2 Å². The zero-order valence-electron chi connectivity index (χ0n) is 7.93. The molecule has 0 aliphatic carbocycles. The summed E-state index contributed by atoms with van der Waals surface area (Å²) in [5.41, 5.74) is 2.93. The predicted octanol–water partition coefficient (Wildman–Crippen LogP) is -1.99. The quantitative estimate of drug-likeness (QED) is 0.309. The summed E-state index contributed by atoms with van der Waals surface area (Å²) in [6.07, 6.45) is -0.407. The van der Waals surface area contributed by atoms with E-state index in [1.54, 1.807) is 0 Å². The van der Waals surface area contributed by atoms with Crippen molar-refractivity contribution in [2.45, 2.75) is 37.8 Å². The summed E-state index contributed by atoms with van der Waals surface area (Å²) in [5.74, 6) is -0.161. The van der Waals surface area contributed by atoms with Gasteiger partial charge in [-0.3, -0.25) is 9.26 Å². The van der Waals surface area contributed by atoms with Gasteiger partial charge < -0.3 is 15.5 Å². The summed E-state index contributed by atoms with van der Waals surface area (Å²) >= 11 is 0. The van der Waals surface area contributed by atoms with Crippen LogP contribution in [0.25, 0.3) is 0 Å². The summed E-state index contributed by atoms with van der Waals surface area (Å²) in [7, 11) is 0. The summed E-state index contributed by atoms with van der Waals surface area (Å²) < 4.78 is 2.67. The monoisotopic (exact) mass is 203 g/mol. The first-order chi connectivity index (χ1) is 6.63. The standard InChI is InChI=1S/C8H14N2O4/c1-4(12)9-7-6(13)2-5(3-11)14-8(7)10-14/h5-8,10-11,13H,2-3H2,1H3/p+1/t5-,6-,7+,8+/m0/s1. The SMILES string of the molecule is CC(=O)N[C@@H]1[C@@H](O)C[C@@H](CO)[O+]2N[C@@H]12. The molecule has 0 radical (unpaired) electrons. The van der Waals surface area contributed by atoms with Gasteiger partial charge in [0.15, 0.2) is 6.04 Å². The third-order valence-corrected chi connectivity index (χ3v) is 2.65. The number of amides is 1. The molecule has 2 rings (SSSR count). The molecule has 80 valence electrons. The van der Waals surface area contributed by atoms with Crippen molar-refractivity contribution in [2.24, 2.45) is 0 Å². The van der Waals surface area contributed by atoms with E-state index in [4.69, 9.17) is 5.11 Å². The van der Waals surface area contributed by atoms with E-state index in [2.05, 4.69) is 15.3 Å². The van der Waals surface area contributed by atoms with Crippen molar-refractivity contribution >= 4 is 5.91 Å².